The molecule has 0 aromatic heterocycles. The Bertz CT molecular complexity index is 400. The zero-order chi connectivity index (χ0) is 15.7. The number of hydrogen-bond acceptors (Lipinski definition) is 6. The van der Waals surface area contributed by atoms with E-state index >= 15 is 0 Å². The van der Waals surface area contributed by atoms with Crippen molar-refractivity contribution in [3.63, 3.8) is 0 Å². The number of nitrogens with two attached hydrogens (primary N) is 2. The van der Waals surface area contributed by atoms with Crippen molar-refractivity contribution in [1.29, 1.82) is 0 Å². The van der Waals surface area contributed by atoms with Gasteiger partial charge in [0.1, 0.15) is 0 Å². The van der Waals surface area contributed by atoms with Gasteiger partial charge in [0.05, 0.1) is 5.82 Å². The maximum Gasteiger partial charge on any atom is 0.394 e. The molecule has 0 heterocycles. The summed E-state index contributed by atoms with van der Waals surface area (Å²) in [7, 11) is -9.33. The lowest BCUT2D eigenvalue weighted by molar-refractivity contribution is 0.378. The Kier molecular flexibility index (Phi) is 11.2. The second-order valence-corrected chi connectivity index (χ2v) is 4.98. The Morgan fingerprint density at radius 3 is 1.06 bits per heavy atom. The Labute approximate surface area is 106 Å². The van der Waals surface area contributed by atoms with E-state index in [0.717, 1.165) is 5.57 Å². The molecule has 112 valence electrons. The number of rotatable bonds is 1. The van der Waals surface area contributed by atoms with E-state index in [4.69, 9.17) is 46.5 Å². The highest BCUT2D eigenvalue weighted by molar-refractivity contribution is 7.80. The molecule has 0 radical (unpaired) electrons. The largest absolute Gasteiger partial charge is 0.394 e. The van der Waals surface area contributed by atoms with Gasteiger partial charge < -0.3 is 11.5 Å². The van der Waals surface area contributed by atoms with Crippen LogP contribution in [0.2, 0.25) is 0 Å². The van der Waals surface area contributed by atoms with Gasteiger partial charge in [0.25, 0.3) is 0 Å². The summed E-state index contributed by atoms with van der Waals surface area (Å²) < 4.78 is 63.2. The number of hydrogen-bond donors (Lipinski definition) is 6. The molecule has 0 bridgehead atoms. The Morgan fingerprint density at radius 1 is 0.889 bits per heavy atom. The smallest absolute Gasteiger partial charge is 0.386 e. The molecule has 0 aromatic rings. The van der Waals surface area contributed by atoms with E-state index in [9.17, 15) is 0 Å². The third kappa shape index (κ3) is 59.6. The fourth-order valence-electron chi connectivity index (χ4n) is 0.333. The molecule has 18 heavy (non-hydrogen) atoms. The van der Waals surface area contributed by atoms with E-state index < -0.39 is 20.8 Å². The van der Waals surface area contributed by atoms with Crippen LogP contribution in [0.5, 0.6) is 0 Å². The van der Waals surface area contributed by atoms with Gasteiger partial charge in [-0.25, -0.2) is 0 Å². The van der Waals surface area contributed by atoms with Crippen LogP contribution in [0.15, 0.2) is 11.4 Å². The summed E-state index contributed by atoms with van der Waals surface area (Å²) in [5.41, 5.74) is 11.7. The average molecular weight is 310 g/mol. The predicted molar refractivity (Wildman–Crippen MR) is 64.3 cm³/mol. The van der Waals surface area contributed by atoms with Gasteiger partial charge in [-0.1, -0.05) is 13.8 Å². The summed E-state index contributed by atoms with van der Waals surface area (Å²) in [6.07, 6.45) is 0. The molecule has 0 fully saturated rings. The lowest BCUT2D eigenvalue weighted by atomic mass is 10.1. The topological polar surface area (TPSA) is 201 Å². The summed E-state index contributed by atoms with van der Waals surface area (Å²) in [4.78, 5) is 0. The van der Waals surface area contributed by atoms with Gasteiger partial charge >= 0.3 is 20.8 Å². The first-order chi connectivity index (χ1) is 7.55. The summed E-state index contributed by atoms with van der Waals surface area (Å²) in [5.74, 6) is 0.931. The normalized spacial score (nSPS) is 10.7. The fraction of sp³-hybridized carbons (Fsp3) is 0.667. The molecule has 10 nitrogen and oxygen atoms in total. The van der Waals surface area contributed by atoms with Crippen molar-refractivity contribution >= 4 is 20.8 Å². The van der Waals surface area contributed by atoms with E-state index in [-0.39, 0.29) is 0 Å². The summed E-state index contributed by atoms with van der Waals surface area (Å²) in [5, 5.41) is 0. The third-order valence-electron chi connectivity index (χ3n) is 1.32. The zero-order valence-corrected chi connectivity index (χ0v) is 11.6. The molecule has 0 saturated carbocycles. The van der Waals surface area contributed by atoms with Crippen LogP contribution in [0.25, 0.3) is 0 Å². The molecule has 0 amide bonds. The van der Waals surface area contributed by atoms with Crippen molar-refractivity contribution in [2.45, 2.75) is 20.8 Å². The molecule has 0 aliphatic carbocycles. The third-order valence-corrected chi connectivity index (χ3v) is 1.32. The Hall–Kier alpha value is -0.920. The van der Waals surface area contributed by atoms with Gasteiger partial charge in [-0.2, -0.15) is 16.8 Å². The molecular weight excluding hydrogens is 292 g/mol. The van der Waals surface area contributed by atoms with Gasteiger partial charge in [-0.3, -0.25) is 18.2 Å². The molecule has 0 aromatic carbocycles. The van der Waals surface area contributed by atoms with E-state index in [1.807, 2.05) is 6.92 Å². The second-order valence-electron chi connectivity index (χ2n) is 3.19. The minimum Gasteiger partial charge on any atom is -0.386 e. The van der Waals surface area contributed by atoms with Crippen molar-refractivity contribution in [1.82, 2.24) is 0 Å². The van der Waals surface area contributed by atoms with Gasteiger partial charge in [0, 0.05) is 0 Å². The van der Waals surface area contributed by atoms with Crippen molar-refractivity contribution in [3.05, 3.63) is 11.4 Å². The molecule has 0 aliphatic rings. The highest BCUT2D eigenvalue weighted by Gasteiger charge is 1.97. The molecule has 0 saturated heterocycles. The van der Waals surface area contributed by atoms with Gasteiger partial charge in [0.15, 0.2) is 0 Å². The van der Waals surface area contributed by atoms with Crippen LogP contribution in [-0.4, -0.2) is 35.0 Å². The first-order valence-electron chi connectivity index (χ1n) is 4.17. The molecule has 0 spiro atoms. The van der Waals surface area contributed by atoms with Gasteiger partial charge in [0.2, 0.25) is 0 Å². The molecule has 0 unspecified atom stereocenters. The van der Waals surface area contributed by atoms with Crippen molar-refractivity contribution in [2.75, 3.05) is 0 Å². The van der Waals surface area contributed by atoms with E-state index in [1.165, 1.54) is 0 Å². The predicted octanol–water partition coefficient (Wildman–Crippen LogP) is -0.514. The maximum atomic E-state index is 8.74. The Balaban J connectivity index is -0.000000197. The van der Waals surface area contributed by atoms with Crippen LogP contribution in [0.1, 0.15) is 20.8 Å². The SMILES string of the molecule is CC(=C(N)N)C(C)C.O=S(=O)(O)O.O=S(=O)(O)O. The first kappa shape index (κ1) is 22.3. The monoisotopic (exact) mass is 310 g/mol. The minimum atomic E-state index is -4.67. The van der Waals surface area contributed by atoms with Crippen molar-refractivity contribution < 1.29 is 35.0 Å². The first-order valence-corrected chi connectivity index (χ1v) is 6.96. The number of allylic oxidation sites excluding steroid dienone is 1. The van der Waals surface area contributed by atoms with Crippen LogP contribution in [0.4, 0.5) is 0 Å². The highest BCUT2D eigenvalue weighted by atomic mass is 32.3. The molecule has 8 N–H and O–H groups in total. The summed E-state index contributed by atoms with van der Waals surface area (Å²) >= 11 is 0. The fourth-order valence-corrected chi connectivity index (χ4v) is 0.333. The van der Waals surface area contributed by atoms with E-state index in [0.29, 0.717) is 11.7 Å². The minimum absolute atomic E-state index is 0.458. The zero-order valence-electron chi connectivity index (χ0n) is 9.97. The van der Waals surface area contributed by atoms with Crippen LogP contribution in [0.3, 0.4) is 0 Å². The van der Waals surface area contributed by atoms with E-state index in [1.54, 1.807) is 0 Å². The van der Waals surface area contributed by atoms with Gasteiger partial charge in [-0.15, -0.1) is 0 Å². The lowest BCUT2D eigenvalue weighted by Gasteiger charge is -2.05. The van der Waals surface area contributed by atoms with Gasteiger partial charge in [-0.05, 0) is 18.4 Å². The molecule has 0 rings (SSSR count). The highest BCUT2D eigenvalue weighted by Crippen LogP contribution is 2.06. The van der Waals surface area contributed by atoms with Crippen molar-refractivity contribution in [3.8, 4) is 0 Å². The van der Waals surface area contributed by atoms with Crippen LogP contribution in [0, 0.1) is 5.92 Å². The lowest BCUT2D eigenvalue weighted by Crippen LogP contribution is -2.13. The summed E-state index contributed by atoms with van der Waals surface area (Å²) in [6, 6.07) is 0. The standard InChI is InChI=1S/C6H14N2.2H2O4S/c1-4(2)5(3)6(7)8;2*1-5(2,3)4/h4H,7-8H2,1-3H3;2*(H2,1,2,3,4). The molecular formula is C6H18N2O8S2. The van der Waals surface area contributed by atoms with E-state index in [2.05, 4.69) is 13.8 Å². The molecule has 0 aliphatic heterocycles. The molecule has 12 heteroatoms. The van der Waals surface area contributed by atoms with Crippen molar-refractivity contribution in [2.24, 2.45) is 17.4 Å². The van der Waals surface area contributed by atoms with Crippen LogP contribution < -0.4 is 11.5 Å². The summed E-state index contributed by atoms with van der Waals surface area (Å²) in [6.45, 7) is 6.07. The molecule has 0 atom stereocenters. The van der Waals surface area contributed by atoms with Crippen LogP contribution in [-0.2, 0) is 20.8 Å². The van der Waals surface area contributed by atoms with Crippen LogP contribution >= 0.6 is 0 Å². The second kappa shape index (κ2) is 9.07. The average Bonchev–Trinajstić information content (AvgIpc) is 1.95. The Morgan fingerprint density at radius 2 is 1.06 bits per heavy atom. The maximum absolute atomic E-state index is 8.74. The quantitative estimate of drug-likeness (QED) is 0.342.